The second kappa shape index (κ2) is 8.23. The van der Waals surface area contributed by atoms with Gasteiger partial charge in [0.15, 0.2) is 11.6 Å². The van der Waals surface area contributed by atoms with E-state index >= 15 is 0 Å². The summed E-state index contributed by atoms with van der Waals surface area (Å²) in [6.07, 6.45) is 2.47. The van der Waals surface area contributed by atoms with E-state index in [0.717, 1.165) is 55.4 Å². The van der Waals surface area contributed by atoms with Crippen molar-refractivity contribution < 1.29 is 0 Å². The highest BCUT2D eigenvalue weighted by Crippen LogP contribution is 2.31. The van der Waals surface area contributed by atoms with Crippen LogP contribution in [0.1, 0.15) is 43.7 Å². The molecule has 30 heavy (non-hydrogen) atoms. The first-order chi connectivity index (χ1) is 14.7. The molecular formula is C25H31N5. The van der Waals surface area contributed by atoms with Gasteiger partial charge in [-0.25, -0.2) is 9.97 Å². The van der Waals surface area contributed by atoms with Crippen LogP contribution in [0.3, 0.4) is 0 Å². The minimum atomic E-state index is 0.564. The third-order valence-electron chi connectivity index (χ3n) is 6.19. The number of hydrogen-bond acceptors (Lipinski definition) is 5. The van der Waals surface area contributed by atoms with Crippen LogP contribution in [0.2, 0.25) is 0 Å². The molecule has 0 atom stereocenters. The van der Waals surface area contributed by atoms with Crippen LogP contribution in [-0.4, -0.2) is 47.1 Å². The highest BCUT2D eigenvalue weighted by Gasteiger charge is 2.26. The predicted molar refractivity (Wildman–Crippen MR) is 124 cm³/mol. The standard InChI is InChI=1S/C25H31N5/c1-18(2)20-9-7-19(8-10-20)17-29-13-15-30(16-14-29)25-24(26-21-11-12-21)27-22-5-3-4-6-23(22)28-25/h3-10,18,21H,11-17H2,1-2H3,(H,26,27). The van der Waals surface area contributed by atoms with Crippen LogP contribution in [-0.2, 0) is 6.54 Å². The first-order valence-corrected chi connectivity index (χ1v) is 11.2. The van der Waals surface area contributed by atoms with Crippen LogP contribution in [0.15, 0.2) is 48.5 Å². The van der Waals surface area contributed by atoms with Crippen molar-refractivity contribution in [3.05, 3.63) is 59.7 Å². The van der Waals surface area contributed by atoms with E-state index in [0.29, 0.717) is 12.0 Å². The second-order valence-electron chi connectivity index (χ2n) is 8.96. The summed E-state index contributed by atoms with van der Waals surface area (Å²) in [5.74, 6) is 2.56. The lowest BCUT2D eigenvalue weighted by Crippen LogP contribution is -2.46. The third-order valence-corrected chi connectivity index (χ3v) is 6.19. The van der Waals surface area contributed by atoms with Gasteiger partial charge in [-0.2, -0.15) is 0 Å². The molecule has 2 fully saturated rings. The van der Waals surface area contributed by atoms with Crippen molar-refractivity contribution in [2.24, 2.45) is 0 Å². The smallest absolute Gasteiger partial charge is 0.172 e. The second-order valence-corrected chi connectivity index (χ2v) is 8.96. The van der Waals surface area contributed by atoms with Crippen molar-refractivity contribution in [1.82, 2.24) is 14.9 Å². The summed E-state index contributed by atoms with van der Waals surface area (Å²) in [7, 11) is 0. The highest BCUT2D eigenvalue weighted by atomic mass is 15.3. The normalized spacial score (nSPS) is 17.6. The maximum absolute atomic E-state index is 5.00. The number of piperazine rings is 1. The summed E-state index contributed by atoms with van der Waals surface area (Å²) in [6.45, 7) is 9.56. The summed E-state index contributed by atoms with van der Waals surface area (Å²) in [5, 5.41) is 3.61. The largest absolute Gasteiger partial charge is 0.364 e. The number of para-hydroxylation sites is 2. The zero-order chi connectivity index (χ0) is 20.5. The molecule has 3 aromatic rings. The van der Waals surface area contributed by atoms with E-state index in [9.17, 15) is 0 Å². The monoisotopic (exact) mass is 401 g/mol. The summed E-state index contributed by atoms with van der Waals surface area (Å²) in [5.41, 5.74) is 4.75. The van der Waals surface area contributed by atoms with Crippen molar-refractivity contribution in [3.63, 3.8) is 0 Å². The number of benzene rings is 2. The molecule has 5 nitrogen and oxygen atoms in total. The molecule has 1 aliphatic carbocycles. The van der Waals surface area contributed by atoms with Crippen molar-refractivity contribution in [2.75, 3.05) is 36.4 Å². The van der Waals surface area contributed by atoms with Crippen molar-refractivity contribution in [3.8, 4) is 0 Å². The zero-order valence-electron chi connectivity index (χ0n) is 18.0. The fourth-order valence-electron chi connectivity index (χ4n) is 4.11. The summed E-state index contributed by atoms with van der Waals surface area (Å²) < 4.78 is 0. The van der Waals surface area contributed by atoms with E-state index in [1.165, 1.54) is 24.0 Å². The Morgan fingerprint density at radius 1 is 0.900 bits per heavy atom. The van der Waals surface area contributed by atoms with Gasteiger partial charge in [-0.1, -0.05) is 50.2 Å². The number of nitrogens with one attached hydrogen (secondary N) is 1. The van der Waals surface area contributed by atoms with Crippen LogP contribution in [0.4, 0.5) is 11.6 Å². The van der Waals surface area contributed by atoms with Gasteiger partial charge in [-0.3, -0.25) is 4.90 Å². The molecular weight excluding hydrogens is 370 g/mol. The van der Waals surface area contributed by atoms with Gasteiger partial charge in [0.2, 0.25) is 0 Å². The Kier molecular flexibility index (Phi) is 5.30. The van der Waals surface area contributed by atoms with E-state index in [-0.39, 0.29) is 0 Å². The number of rotatable bonds is 6. The van der Waals surface area contributed by atoms with E-state index in [2.05, 4.69) is 59.3 Å². The highest BCUT2D eigenvalue weighted by molar-refractivity contribution is 5.80. The SMILES string of the molecule is CC(C)c1ccc(CN2CCN(c3nc4ccccc4nc3NC3CC3)CC2)cc1. The Morgan fingerprint density at radius 2 is 1.57 bits per heavy atom. The maximum atomic E-state index is 5.00. The maximum Gasteiger partial charge on any atom is 0.172 e. The molecule has 2 aromatic carbocycles. The fourth-order valence-corrected chi connectivity index (χ4v) is 4.11. The lowest BCUT2D eigenvalue weighted by Gasteiger charge is -2.36. The van der Waals surface area contributed by atoms with Gasteiger partial charge in [0.25, 0.3) is 0 Å². The summed E-state index contributed by atoms with van der Waals surface area (Å²) in [4.78, 5) is 14.9. The van der Waals surface area contributed by atoms with Gasteiger partial charge in [-0.15, -0.1) is 0 Å². The molecule has 5 heteroatoms. The lowest BCUT2D eigenvalue weighted by atomic mass is 10.0. The summed E-state index contributed by atoms with van der Waals surface area (Å²) >= 11 is 0. The Hall–Kier alpha value is -2.66. The Bertz CT molecular complexity index is 1000. The van der Waals surface area contributed by atoms with Crippen molar-refractivity contribution in [1.29, 1.82) is 0 Å². The molecule has 2 heterocycles. The number of anilines is 2. The van der Waals surface area contributed by atoms with Gasteiger partial charge < -0.3 is 10.2 Å². The van der Waals surface area contributed by atoms with E-state index in [4.69, 9.17) is 9.97 Å². The van der Waals surface area contributed by atoms with Crippen LogP contribution >= 0.6 is 0 Å². The molecule has 0 amide bonds. The molecule has 1 aliphatic heterocycles. The molecule has 1 aromatic heterocycles. The van der Waals surface area contributed by atoms with Gasteiger partial charge in [0, 0.05) is 38.8 Å². The minimum Gasteiger partial charge on any atom is -0.364 e. The molecule has 0 unspecified atom stereocenters. The molecule has 0 radical (unpaired) electrons. The molecule has 0 spiro atoms. The fraction of sp³-hybridized carbons (Fsp3) is 0.440. The Morgan fingerprint density at radius 3 is 2.20 bits per heavy atom. The molecule has 1 saturated carbocycles. The van der Waals surface area contributed by atoms with Crippen LogP contribution < -0.4 is 10.2 Å². The van der Waals surface area contributed by atoms with Gasteiger partial charge in [0.1, 0.15) is 0 Å². The Labute approximate surface area is 179 Å². The van der Waals surface area contributed by atoms with Crippen LogP contribution in [0, 0.1) is 0 Å². The number of hydrogen-bond donors (Lipinski definition) is 1. The molecule has 1 saturated heterocycles. The number of nitrogens with zero attached hydrogens (tertiary/aromatic N) is 4. The van der Waals surface area contributed by atoms with Crippen molar-refractivity contribution >= 4 is 22.7 Å². The van der Waals surface area contributed by atoms with E-state index in [1.807, 2.05) is 18.2 Å². The van der Waals surface area contributed by atoms with Gasteiger partial charge in [0.05, 0.1) is 11.0 Å². The molecule has 2 aliphatic rings. The first-order valence-electron chi connectivity index (χ1n) is 11.2. The molecule has 5 rings (SSSR count). The average molecular weight is 402 g/mol. The molecule has 1 N–H and O–H groups in total. The average Bonchev–Trinajstić information content (AvgIpc) is 3.58. The lowest BCUT2D eigenvalue weighted by molar-refractivity contribution is 0.249. The number of aromatic nitrogens is 2. The Balaban J connectivity index is 1.28. The van der Waals surface area contributed by atoms with E-state index < -0.39 is 0 Å². The van der Waals surface area contributed by atoms with E-state index in [1.54, 1.807) is 0 Å². The summed E-state index contributed by atoms with van der Waals surface area (Å²) in [6, 6.07) is 17.9. The predicted octanol–water partition coefficient (Wildman–Crippen LogP) is 4.65. The van der Waals surface area contributed by atoms with Crippen LogP contribution in [0.25, 0.3) is 11.0 Å². The van der Waals surface area contributed by atoms with Crippen LogP contribution in [0.5, 0.6) is 0 Å². The molecule has 156 valence electrons. The number of fused-ring (bicyclic) bond motifs is 1. The van der Waals surface area contributed by atoms with Gasteiger partial charge >= 0.3 is 0 Å². The quantitative estimate of drug-likeness (QED) is 0.651. The molecule has 0 bridgehead atoms. The van der Waals surface area contributed by atoms with Crippen molar-refractivity contribution in [2.45, 2.75) is 45.2 Å². The zero-order valence-corrected chi connectivity index (χ0v) is 18.0. The first kappa shape index (κ1) is 19.3. The topological polar surface area (TPSA) is 44.3 Å². The third kappa shape index (κ3) is 4.26. The minimum absolute atomic E-state index is 0.564. The van der Waals surface area contributed by atoms with Gasteiger partial charge in [-0.05, 0) is 42.0 Å².